The maximum absolute atomic E-state index is 13.5. The second-order valence-corrected chi connectivity index (χ2v) is 6.07. The first-order chi connectivity index (χ1) is 11.2. The monoisotopic (exact) mass is 313 g/mol. The first kappa shape index (κ1) is 15.7. The molecule has 0 heterocycles. The minimum absolute atomic E-state index is 0.141. The molecule has 0 aliphatic heterocycles. The van der Waals surface area contributed by atoms with E-state index < -0.39 is 11.5 Å². The average molecular weight is 313 g/mol. The van der Waals surface area contributed by atoms with Crippen LogP contribution in [0.2, 0.25) is 0 Å². The average Bonchev–Trinajstić information content (AvgIpc) is 2.52. The first-order valence-electron chi connectivity index (χ1n) is 7.88. The van der Waals surface area contributed by atoms with E-state index in [1.807, 2.05) is 30.3 Å². The highest BCUT2D eigenvalue weighted by atomic mass is 19.1. The smallest absolute Gasteiger partial charge is 0.231 e. The topological polar surface area (TPSA) is 49.3 Å². The van der Waals surface area contributed by atoms with E-state index in [0.29, 0.717) is 18.4 Å². The van der Waals surface area contributed by atoms with Crippen molar-refractivity contribution < 1.29 is 14.3 Å². The van der Waals surface area contributed by atoms with Gasteiger partial charge >= 0.3 is 0 Å². The number of nitrogens with one attached hydrogen (secondary N) is 1. The van der Waals surface area contributed by atoms with Gasteiger partial charge in [0, 0.05) is 0 Å². The molecule has 0 spiro atoms. The van der Waals surface area contributed by atoms with Gasteiger partial charge < -0.3 is 10.4 Å². The van der Waals surface area contributed by atoms with Crippen molar-refractivity contribution in [3.05, 3.63) is 71.5 Å². The molecule has 2 aromatic rings. The van der Waals surface area contributed by atoms with E-state index in [1.54, 1.807) is 12.1 Å². The summed E-state index contributed by atoms with van der Waals surface area (Å²) >= 11 is 0. The maximum Gasteiger partial charge on any atom is 0.231 e. The Balaban J connectivity index is 1.83. The molecule has 120 valence electrons. The zero-order valence-corrected chi connectivity index (χ0v) is 12.8. The van der Waals surface area contributed by atoms with Crippen LogP contribution in [0.15, 0.2) is 54.6 Å². The fraction of sp³-hybridized carbons (Fsp3) is 0.316. The summed E-state index contributed by atoms with van der Waals surface area (Å²) in [5.74, 6) is -0.472. The van der Waals surface area contributed by atoms with E-state index in [0.717, 1.165) is 12.0 Å². The highest BCUT2D eigenvalue weighted by Gasteiger charge is 2.46. The number of rotatable bonds is 5. The van der Waals surface area contributed by atoms with Crippen LogP contribution in [-0.2, 0) is 10.2 Å². The van der Waals surface area contributed by atoms with E-state index in [1.165, 1.54) is 12.1 Å². The summed E-state index contributed by atoms with van der Waals surface area (Å²) in [6, 6.07) is 15.2. The van der Waals surface area contributed by atoms with Crippen LogP contribution in [0.4, 0.5) is 4.39 Å². The number of carbonyl (C=O) groups is 1. The van der Waals surface area contributed by atoms with Crippen LogP contribution < -0.4 is 5.32 Å². The first-order valence-corrected chi connectivity index (χ1v) is 7.88. The Labute approximate surface area is 135 Å². The Morgan fingerprint density at radius 1 is 1.17 bits per heavy atom. The summed E-state index contributed by atoms with van der Waals surface area (Å²) in [5, 5.41) is 12.6. The van der Waals surface area contributed by atoms with Gasteiger partial charge in [-0.15, -0.1) is 0 Å². The number of hydrogen-bond acceptors (Lipinski definition) is 2. The molecule has 0 saturated heterocycles. The third-order valence-corrected chi connectivity index (χ3v) is 4.71. The molecule has 0 aromatic heterocycles. The number of aliphatic hydroxyl groups excluding tert-OH is 1. The molecule has 23 heavy (non-hydrogen) atoms. The predicted molar refractivity (Wildman–Crippen MR) is 86.3 cm³/mol. The molecule has 0 bridgehead atoms. The van der Waals surface area contributed by atoms with Crippen LogP contribution in [-0.4, -0.2) is 17.6 Å². The number of halogens is 1. The molecule has 0 radical (unpaired) electrons. The second kappa shape index (κ2) is 6.50. The lowest BCUT2D eigenvalue weighted by Crippen LogP contribution is -2.50. The van der Waals surface area contributed by atoms with Crippen LogP contribution in [0.5, 0.6) is 0 Å². The molecular formula is C19H20FNO2. The normalized spacial score (nSPS) is 17.1. The van der Waals surface area contributed by atoms with Crippen molar-refractivity contribution in [2.45, 2.75) is 30.7 Å². The Morgan fingerprint density at radius 2 is 1.91 bits per heavy atom. The van der Waals surface area contributed by atoms with Crippen molar-refractivity contribution in [3.63, 3.8) is 0 Å². The summed E-state index contributed by atoms with van der Waals surface area (Å²) in [6.07, 6.45) is 2.35. The maximum atomic E-state index is 13.5. The molecule has 2 N–H and O–H groups in total. The van der Waals surface area contributed by atoms with Crippen LogP contribution in [0.25, 0.3) is 0 Å². The van der Waals surface area contributed by atoms with Gasteiger partial charge in [0.15, 0.2) is 0 Å². The lowest BCUT2D eigenvalue weighted by Gasteiger charge is -2.41. The molecule has 1 amide bonds. The number of benzene rings is 2. The summed E-state index contributed by atoms with van der Waals surface area (Å²) in [4.78, 5) is 12.9. The summed E-state index contributed by atoms with van der Waals surface area (Å²) in [6.45, 7) is -0.172. The van der Waals surface area contributed by atoms with Crippen molar-refractivity contribution >= 4 is 5.91 Å². The third-order valence-electron chi connectivity index (χ3n) is 4.71. The van der Waals surface area contributed by atoms with Gasteiger partial charge in [-0.1, -0.05) is 48.9 Å². The zero-order valence-electron chi connectivity index (χ0n) is 12.8. The molecule has 3 rings (SSSR count). The quantitative estimate of drug-likeness (QED) is 0.891. The molecular weight excluding hydrogens is 293 g/mol. The minimum Gasteiger partial charge on any atom is -0.394 e. The van der Waals surface area contributed by atoms with Gasteiger partial charge in [0.2, 0.25) is 5.91 Å². The highest BCUT2D eigenvalue weighted by molar-refractivity contribution is 5.89. The van der Waals surface area contributed by atoms with Gasteiger partial charge in [0.1, 0.15) is 5.82 Å². The van der Waals surface area contributed by atoms with Crippen LogP contribution in [0, 0.1) is 5.82 Å². The number of amides is 1. The Bertz CT molecular complexity index is 683. The van der Waals surface area contributed by atoms with Gasteiger partial charge in [-0.25, -0.2) is 4.39 Å². The van der Waals surface area contributed by atoms with E-state index in [-0.39, 0.29) is 18.3 Å². The molecule has 4 heteroatoms. The van der Waals surface area contributed by atoms with E-state index in [2.05, 4.69) is 5.32 Å². The second-order valence-electron chi connectivity index (χ2n) is 6.07. The fourth-order valence-electron chi connectivity index (χ4n) is 3.18. The van der Waals surface area contributed by atoms with E-state index in [9.17, 15) is 14.3 Å². The lowest BCUT2D eigenvalue weighted by molar-refractivity contribution is -0.131. The minimum atomic E-state index is -0.676. The van der Waals surface area contributed by atoms with Crippen molar-refractivity contribution in [2.75, 3.05) is 6.61 Å². The van der Waals surface area contributed by atoms with Crippen molar-refractivity contribution in [1.82, 2.24) is 5.32 Å². The zero-order chi connectivity index (χ0) is 16.3. The summed E-state index contributed by atoms with van der Waals surface area (Å²) < 4.78 is 13.5. The number of carbonyl (C=O) groups excluding carboxylic acids is 1. The van der Waals surface area contributed by atoms with E-state index >= 15 is 0 Å². The van der Waals surface area contributed by atoms with Gasteiger partial charge in [-0.3, -0.25) is 4.79 Å². The van der Waals surface area contributed by atoms with Crippen molar-refractivity contribution in [3.8, 4) is 0 Å². The Kier molecular flexibility index (Phi) is 4.44. The van der Waals surface area contributed by atoms with Gasteiger partial charge in [-0.2, -0.15) is 0 Å². The van der Waals surface area contributed by atoms with Gasteiger partial charge in [-0.05, 0) is 36.1 Å². The predicted octanol–water partition coefficient (Wildman–Crippen LogP) is 3.10. The Hall–Kier alpha value is -2.20. The molecule has 2 aromatic carbocycles. The lowest BCUT2D eigenvalue weighted by atomic mass is 9.63. The van der Waals surface area contributed by atoms with Crippen molar-refractivity contribution in [2.24, 2.45) is 0 Å². The van der Waals surface area contributed by atoms with Crippen molar-refractivity contribution in [1.29, 1.82) is 0 Å². The molecule has 1 fully saturated rings. The van der Waals surface area contributed by atoms with Gasteiger partial charge in [0.05, 0.1) is 18.1 Å². The SMILES string of the molecule is O=C(N[C@H](CO)c1ccccc1)C1(c2cccc(F)c2)CCC1. The van der Waals surface area contributed by atoms with E-state index in [4.69, 9.17) is 0 Å². The summed E-state index contributed by atoms with van der Waals surface area (Å²) in [7, 11) is 0. The summed E-state index contributed by atoms with van der Waals surface area (Å²) in [5.41, 5.74) is 0.896. The fourth-order valence-corrected chi connectivity index (χ4v) is 3.18. The molecule has 1 saturated carbocycles. The van der Waals surface area contributed by atoms with Crippen LogP contribution in [0.1, 0.15) is 36.4 Å². The number of hydrogen-bond donors (Lipinski definition) is 2. The molecule has 1 aliphatic carbocycles. The molecule has 1 aliphatic rings. The number of aliphatic hydroxyl groups is 1. The third kappa shape index (κ3) is 2.99. The van der Waals surface area contributed by atoms with Crippen LogP contribution in [0.3, 0.4) is 0 Å². The van der Waals surface area contributed by atoms with Gasteiger partial charge in [0.25, 0.3) is 0 Å². The Morgan fingerprint density at radius 3 is 2.48 bits per heavy atom. The largest absolute Gasteiger partial charge is 0.394 e. The molecule has 3 nitrogen and oxygen atoms in total. The molecule has 0 unspecified atom stereocenters. The molecule has 1 atom stereocenters. The van der Waals surface area contributed by atoms with Crippen LogP contribution >= 0.6 is 0 Å². The highest BCUT2D eigenvalue weighted by Crippen LogP contribution is 2.44. The standard InChI is InChI=1S/C19H20FNO2/c20-16-9-4-8-15(12-16)19(10-5-11-19)18(23)21-17(13-22)14-6-2-1-3-7-14/h1-4,6-9,12,17,22H,5,10-11,13H2,(H,21,23)/t17-/m1/s1.